The second-order valence-electron chi connectivity index (χ2n) is 2.15. The van der Waals surface area contributed by atoms with Gasteiger partial charge in [0.1, 0.15) is 0 Å². The Morgan fingerprint density at radius 1 is 1.45 bits per heavy atom. The van der Waals surface area contributed by atoms with Crippen molar-refractivity contribution in [3.8, 4) is 0 Å². The molecule has 0 saturated heterocycles. The Bertz CT molecular complexity index is 235. The summed E-state index contributed by atoms with van der Waals surface area (Å²) in [6.45, 7) is 0. The molecule has 1 atom stereocenters. The predicted octanol–water partition coefficient (Wildman–Crippen LogP) is 1.93. The first-order valence-corrected chi connectivity index (χ1v) is 3.67. The van der Waals surface area contributed by atoms with Crippen molar-refractivity contribution >= 4 is 23.2 Å². The molecule has 0 saturated carbocycles. The maximum Gasteiger partial charge on any atom is 0.267 e. The summed E-state index contributed by atoms with van der Waals surface area (Å²) in [7, 11) is 0. The molecule has 0 bridgehead atoms. The molecule has 0 aromatic carbocycles. The van der Waals surface area contributed by atoms with Gasteiger partial charge in [0.15, 0.2) is 0 Å². The van der Waals surface area contributed by atoms with E-state index in [1.165, 1.54) is 12.2 Å². The second kappa shape index (κ2) is 2.83. The van der Waals surface area contributed by atoms with Gasteiger partial charge in [-0.1, -0.05) is 35.4 Å². The van der Waals surface area contributed by atoms with E-state index < -0.39 is 15.3 Å². The molecule has 0 aromatic rings. The molecule has 5 heteroatoms. The number of halogens is 2. The van der Waals surface area contributed by atoms with Crippen LogP contribution in [-0.4, -0.2) is 15.3 Å². The van der Waals surface area contributed by atoms with Crippen molar-refractivity contribution in [2.75, 3.05) is 0 Å². The van der Waals surface area contributed by atoms with E-state index in [1.54, 1.807) is 12.2 Å². The zero-order valence-electron chi connectivity index (χ0n) is 5.41. The molecule has 3 nitrogen and oxygen atoms in total. The van der Waals surface area contributed by atoms with Crippen LogP contribution in [0.5, 0.6) is 0 Å². The molecule has 1 rings (SSSR count). The third kappa shape index (κ3) is 1.73. The topological polar surface area (TPSA) is 43.1 Å². The van der Waals surface area contributed by atoms with Crippen LogP contribution in [0, 0.1) is 10.1 Å². The van der Waals surface area contributed by atoms with Gasteiger partial charge in [-0.15, -0.1) is 0 Å². The number of alkyl halides is 2. The number of nitrogens with zero attached hydrogens (tertiary/aromatic N) is 1. The Labute approximate surface area is 73.4 Å². The number of hydrogen-bond donors (Lipinski definition) is 0. The molecule has 0 aromatic heterocycles. The minimum atomic E-state index is -1.40. The lowest BCUT2D eigenvalue weighted by atomic mass is 10.1. The highest BCUT2D eigenvalue weighted by Crippen LogP contribution is 2.31. The van der Waals surface area contributed by atoms with Crippen LogP contribution in [0.2, 0.25) is 0 Å². The first-order chi connectivity index (χ1) is 5.04. The average molecular weight is 194 g/mol. The van der Waals surface area contributed by atoms with E-state index in [0.29, 0.717) is 0 Å². The maximum atomic E-state index is 10.3. The van der Waals surface area contributed by atoms with Crippen LogP contribution >= 0.6 is 23.2 Å². The summed E-state index contributed by atoms with van der Waals surface area (Å²) in [6.07, 6.45) is 5.89. The summed E-state index contributed by atoms with van der Waals surface area (Å²) in [5, 5.41) is 10.3. The normalized spacial score (nSPS) is 26.9. The fraction of sp³-hybridized carbons (Fsp3) is 0.333. The molecule has 0 heterocycles. The zero-order valence-corrected chi connectivity index (χ0v) is 6.92. The molecule has 0 amide bonds. The van der Waals surface area contributed by atoms with Crippen LogP contribution in [0.25, 0.3) is 0 Å². The van der Waals surface area contributed by atoms with E-state index >= 15 is 0 Å². The van der Waals surface area contributed by atoms with Gasteiger partial charge < -0.3 is 0 Å². The number of nitro groups is 1. The summed E-state index contributed by atoms with van der Waals surface area (Å²) < 4.78 is -1.40. The number of rotatable bonds is 1. The SMILES string of the molecule is O=[N+]([O-])C1C=CC=CC1(Cl)Cl. The van der Waals surface area contributed by atoms with Gasteiger partial charge in [-0.25, -0.2) is 0 Å². The summed E-state index contributed by atoms with van der Waals surface area (Å²) in [5.74, 6) is 0. The Kier molecular flexibility index (Phi) is 2.20. The van der Waals surface area contributed by atoms with E-state index in [4.69, 9.17) is 23.2 Å². The van der Waals surface area contributed by atoms with Crippen molar-refractivity contribution in [1.82, 2.24) is 0 Å². The highest BCUT2D eigenvalue weighted by Gasteiger charge is 2.40. The van der Waals surface area contributed by atoms with Crippen LogP contribution in [0.15, 0.2) is 24.3 Å². The van der Waals surface area contributed by atoms with Crippen molar-refractivity contribution in [2.24, 2.45) is 0 Å². The highest BCUT2D eigenvalue weighted by molar-refractivity contribution is 6.50. The van der Waals surface area contributed by atoms with Crippen molar-refractivity contribution in [3.05, 3.63) is 34.4 Å². The second-order valence-corrected chi connectivity index (χ2v) is 3.59. The average Bonchev–Trinajstić information content (AvgIpc) is 1.85. The van der Waals surface area contributed by atoms with Crippen LogP contribution in [0.3, 0.4) is 0 Å². The molecule has 1 aliphatic rings. The first kappa shape index (κ1) is 8.56. The van der Waals surface area contributed by atoms with Crippen LogP contribution in [0.4, 0.5) is 0 Å². The molecule has 0 N–H and O–H groups in total. The standard InChI is InChI=1S/C6H5Cl2NO2/c7-6(8)4-2-1-3-5(6)9(10)11/h1-5H. The molecule has 0 spiro atoms. The molecular weight excluding hydrogens is 189 g/mol. The Morgan fingerprint density at radius 2 is 2.09 bits per heavy atom. The Balaban J connectivity index is 2.89. The molecule has 1 unspecified atom stereocenters. The maximum absolute atomic E-state index is 10.3. The molecule has 0 aliphatic heterocycles. The summed E-state index contributed by atoms with van der Waals surface area (Å²) in [6, 6.07) is -1.05. The lowest BCUT2D eigenvalue weighted by Gasteiger charge is -2.18. The molecule has 0 fully saturated rings. The van der Waals surface area contributed by atoms with Crippen molar-refractivity contribution in [1.29, 1.82) is 0 Å². The number of hydrogen-bond acceptors (Lipinski definition) is 2. The lowest BCUT2D eigenvalue weighted by molar-refractivity contribution is -0.509. The lowest BCUT2D eigenvalue weighted by Crippen LogP contribution is -2.35. The quantitative estimate of drug-likeness (QED) is 0.363. The van der Waals surface area contributed by atoms with E-state index in [2.05, 4.69) is 0 Å². The molecular formula is C6H5Cl2NO2. The Hall–Kier alpha value is -0.540. The van der Waals surface area contributed by atoms with Gasteiger partial charge in [0.05, 0.1) is 0 Å². The van der Waals surface area contributed by atoms with Gasteiger partial charge in [-0.05, 0) is 12.2 Å². The van der Waals surface area contributed by atoms with Gasteiger partial charge in [0, 0.05) is 4.92 Å². The predicted molar refractivity (Wildman–Crippen MR) is 43.5 cm³/mol. The molecule has 1 aliphatic carbocycles. The summed E-state index contributed by atoms with van der Waals surface area (Å²) in [4.78, 5) is 9.81. The van der Waals surface area contributed by atoms with Gasteiger partial charge in [-0.3, -0.25) is 10.1 Å². The largest absolute Gasteiger partial charge is 0.267 e. The minimum absolute atomic E-state index is 0.514. The van der Waals surface area contributed by atoms with Crippen molar-refractivity contribution in [2.45, 2.75) is 10.4 Å². The summed E-state index contributed by atoms with van der Waals surface area (Å²) in [5.41, 5.74) is 0. The molecule has 11 heavy (non-hydrogen) atoms. The minimum Gasteiger partial charge on any atom is -0.264 e. The van der Waals surface area contributed by atoms with Crippen LogP contribution in [0.1, 0.15) is 0 Å². The van der Waals surface area contributed by atoms with Gasteiger partial charge >= 0.3 is 0 Å². The van der Waals surface area contributed by atoms with E-state index in [-0.39, 0.29) is 0 Å². The van der Waals surface area contributed by atoms with Crippen molar-refractivity contribution < 1.29 is 4.92 Å². The summed E-state index contributed by atoms with van der Waals surface area (Å²) >= 11 is 11.2. The van der Waals surface area contributed by atoms with Crippen molar-refractivity contribution in [3.63, 3.8) is 0 Å². The van der Waals surface area contributed by atoms with E-state index in [9.17, 15) is 10.1 Å². The smallest absolute Gasteiger partial charge is 0.264 e. The van der Waals surface area contributed by atoms with E-state index in [1.807, 2.05) is 0 Å². The van der Waals surface area contributed by atoms with Crippen LogP contribution < -0.4 is 0 Å². The monoisotopic (exact) mass is 193 g/mol. The zero-order chi connectivity index (χ0) is 8.48. The number of allylic oxidation sites excluding steroid dienone is 2. The third-order valence-corrected chi connectivity index (χ3v) is 2.04. The first-order valence-electron chi connectivity index (χ1n) is 2.91. The highest BCUT2D eigenvalue weighted by atomic mass is 35.5. The van der Waals surface area contributed by atoms with E-state index in [0.717, 1.165) is 0 Å². The fourth-order valence-electron chi connectivity index (χ4n) is 0.791. The van der Waals surface area contributed by atoms with Crippen LogP contribution in [-0.2, 0) is 0 Å². The molecule has 60 valence electrons. The molecule has 0 radical (unpaired) electrons. The Morgan fingerprint density at radius 3 is 2.45 bits per heavy atom. The van der Waals surface area contributed by atoms with Gasteiger partial charge in [0.25, 0.3) is 6.04 Å². The van der Waals surface area contributed by atoms with Gasteiger partial charge in [-0.2, -0.15) is 0 Å². The third-order valence-electron chi connectivity index (χ3n) is 1.34. The van der Waals surface area contributed by atoms with Gasteiger partial charge in [0.2, 0.25) is 4.33 Å². The fourth-order valence-corrected chi connectivity index (χ4v) is 1.24.